The van der Waals surface area contributed by atoms with Crippen molar-refractivity contribution in [2.75, 3.05) is 0 Å². The minimum Gasteiger partial charge on any atom is -0.348 e. The molecule has 1 atom stereocenters. The van der Waals surface area contributed by atoms with Crippen LogP contribution in [0.5, 0.6) is 0 Å². The molecule has 0 spiro atoms. The average Bonchev–Trinajstić information content (AvgIpc) is 3.33. The van der Waals surface area contributed by atoms with Crippen LogP contribution in [0.3, 0.4) is 0 Å². The maximum absolute atomic E-state index is 12.8. The Bertz CT molecular complexity index is 890. The van der Waals surface area contributed by atoms with Gasteiger partial charge < -0.3 is 5.32 Å². The summed E-state index contributed by atoms with van der Waals surface area (Å²) < 4.78 is 39.8. The molecule has 8 heteroatoms. The summed E-state index contributed by atoms with van der Waals surface area (Å²) in [5.41, 5.74) is 2.23. The van der Waals surface area contributed by atoms with Crippen LogP contribution in [0.1, 0.15) is 53.3 Å². The molecule has 0 saturated heterocycles. The Morgan fingerprint density at radius 3 is 2.77 bits per heavy atom. The van der Waals surface area contributed by atoms with Crippen LogP contribution in [0.4, 0.5) is 13.2 Å². The second-order valence-corrected chi connectivity index (χ2v) is 6.67. The summed E-state index contributed by atoms with van der Waals surface area (Å²) >= 11 is 0. The molecule has 2 aromatic heterocycles. The number of carbonyl (C=O) groups excluding carboxylic acids is 1. The van der Waals surface area contributed by atoms with E-state index in [1.807, 2.05) is 0 Å². The monoisotopic (exact) mass is 364 g/mol. The summed E-state index contributed by atoms with van der Waals surface area (Å²) in [4.78, 5) is 17.4. The van der Waals surface area contributed by atoms with Crippen LogP contribution < -0.4 is 5.32 Å². The van der Waals surface area contributed by atoms with Gasteiger partial charge in [0.15, 0.2) is 5.65 Å². The van der Waals surface area contributed by atoms with Gasteiger partial charge in [0.2, 0.25) is 0 Å². The van der Waals surface area contributed by atoms with Crippen molar-refractivity contribution in [3.63, 3.8) is 0 Å². The van der Waals surface area contributed by atoms with E-state index in [2.05, 4.69) is 21.3 Å². The van der Waals surface area contributed by atoms with Crippen LogP contribution >= 0.6 is 0 Å². The first-order chi connectivity index (χ1) is 12.2. The molecule has 1 N–H and O–H groups in total. The van der Waals surface area contributed by atoms with Crippen molar-refractivity contribution < 1.29 is 18.0 Å². The highest BCUT2D eigenvalue weighted by atomic mass is 19.4. The highest BCUT2D eigenvalue weighted by molar-refractivity contribution is 6.06. The number of aromatic nitrogens is 3. The number of amides is 1. The van der Waals surface area contributed by atoms with E-state index >= 15 is 0 Å². The molecule has 1 saturated carbocycles. The third-order valence-corrected chi connectivity index (χ3v) is 4.41. The number of terminal acetylenes is 1. The molecule has 0 radical (unpaired) electrons. The van der Waals surface area contributed by atoms with Crippen molar-refractivity contribution in [2.45, 2.75) is 50.7 Å². The maximum Gasteiger partial charge on any atom is 0.391 e. The largest absolute Gasteiger partial charge is 0.391 e. The highest BCUT2D eigenvalue weighted by Crippen LogP contribution is 2.40. The van der Waals surface area contributed by atoms with Crippen molar-refractivity contribution in [2.24, 2.45) is 7.05 Å². The molecule has 0 aromatic carbocycles. The van der Waals surface area contributed by atoms with E-state index < -0.39 is 24.5 Å². The SMILES string of the molecule is C#CCC(CC(F)(F)F)NC(=O)c1cc(C2CC2)nc2c1c(C)nn2C. The summed E-state index contributed by atoms with van der Waals surface area (Å²) in [5, 5.41) is 7.29. The van der Waals surface area contributed by atoms with E-state index in [1.165, 1.54) is 0 Å². The topological polar surface area (TPSA) is 59.8 Å². The fourth-order valence-electron chi connectivity index (χ4n) is 3.09. The van der Waals surface area contributed by atoms with Gasteiger partial charge in [-0.2, -0.15) is 18.3 Å². The number of rotatable bonds is 5. The summed E-state index contributed by atoms with van der Waals surface area (Å²) in [6.45, 7) is 1.74. The first-order valence-electron chi connectivity index (χ1n) is 8.35. The van der Waals surface area contributed by atoms with Gasteiger partial charge in [-0.1, -0.05) is 0 Å². The van der Waals surface area contributed by atoms with E-state index in [-0.39, 0.29) is 12.3 Å². The second kappa shape index (κ2) is 6.63. The van der Waals surface area contributed by atoms with Crippen LogP contribution in [0, 0.1) is 19.3 Å². The van der Waals surface area contributed by atoms with Gasteiger partial charge in [0.25, 0.3) is 5.91 Å². The second-order valence-electron chi connectivity index (χ2n) is 6.67. The first-order valence-corrected chi connectivity index (χ1v) is 8.35. The van der Waals surface area contributed by atoms with Crippen LogP contribution in [0.25, 0.3) is 11.0 Å². The molecule has 1 aliphatic carbocycles. The standard InChI is InChI=1S/C18H19F3N4O/c1-4-5-12(9-18(19,20)21)22-17(26)13-8-14(11-6-7-11)23-16-15(13)10(2)24-25(16)3/h1,8,11-12H,5-7,9H2,2-3H3,(H,22,26). The van der Waals surface area contributed by atoms with Crippen LogP contribution in [-0.4, -0.2) is 32.9 Å². The zero-order chi connectivity index (χ0) is 19.1. The smallest absolute Gasteiger partial charge is 0.348 e. The average molecular weight is 364 g/mol. The van der Waals surface area contributed by atoms with Gasteiger partial charge in [-0.15, -0.1) is 12.3 Å². The maximum atomic E-state index is 12.8. The van der Waals surface area contributed by atoms with Crippen LogP contribution in [0.2, 0.25) is 0 Å². The third-order valence-electron chi connectivity index (χ3n) is 4.41. The fraction of sp³-hybridized carbons (Fsp3) is 0.500. The predicted octanol–water partition coefficient (Wildman–Crippen LogP) is 3.23. The van der Waals surface area contributed by atoms with E-state index in [0.29, 0.717) is 22.3 Å². The molecule has 2 heterocycles. The summed E-state index contributed by atoms with van der Waals surface area (Å²) in [6, 6.07) is 0.502. The molecule has 0 aliphatic heterocycles. The number of fused-ring (bicyclic) bond motifs is 1. The van der Waals surface area contributed by atoms with Crippen molar-refractivity contribution >= 4 is 16.9 Å². The quantitative estimate of drug-likeness (QED) is 0.829. The first kappa shape index (κ1) is 18.2. The molecule has 1 fully saturated rings. The van der Waals surface area contributed by atoms with E-state index in [4.69, 9.17) is 6.42 Å². The van der Waals surface area contributed by atoms with Crippen molar-refractivity contribution in [1.29, 1.82) is 0 Å². The number of nitrogens with one attached hydrogen (secondary N) is 1. The minimum absolute atomic E-state index is 0.193. The van der Waals surface area contributed by atoms with Gasteiger partial charge in [-0.05, 0) is 25.8 Å². The minimum atomic E-state index is -4.41. The van der Waals surface area contributed by atoms with Gasteiger partial charge >= 0.3 is 6.18 Å². The number of carbonyl (C=O) groups is 1. The van der Waals surface area contributed by atoms with Crippen LogP contribution in [0.15, 0.2) is 6.07 Å². The Morgan fingerprint density at radius 2 is 2.19 bits per heavy atom. The number of hydrogen-bond acceptors (Lipinski definition) is 3. The van der Waals surface area contributed by atoms with E-state index in [0.717, 1.165) is 18.5 Å². The Morgan fingerprint density at radius 1 is 1.50 bits per heavy atom. The number of aryl methyl sites for hydroxylation is 2. The van der Waals surface area contributed by atoms with Gasteiger partial charge in [-0.25, -0.2) is 4.98 Å². The zero-order valence-electron chi connectivity index (χ0n) is 14.5. The number of hydrogen-bond donors (Lipinski definition) is 1. The molecule has 1 aliphatic rings. The molecule has 0 bridgehead atoms. The molecule has 1 amide bonds. The number of pyridine rings is 1. The van der Waals surface area contributed by atoms with Crippen LogP contribution in [-0.2, 0) is 7.05 Å². The molecule has 138 valence electrons. The number of nitrogens with zero attached hydrogens (tertiary/aromatic N) is 3. The van der Waals surface area contributed by atoms with Gasteiger partial charge in [-0.3, -0.25) is 9.48 Å². The highest BCUT2D eigenvalue weighted by Gasteiger charge is 2.33. The van der Waals surface area contributed by atoms with Gasteiger partial charge in [0.1, 0.15) is 0 Å². The normalized spacial score (nSPS) is 15.7. The Balaban J connectivity index is 1.97. The summed E-state index contributed by atoms with van der Waals surface area (Å²) in [5.74, 6) is 1.90. The molecule has 1 unspecified atom stereocenters. The number of halogens is 3. The molecule has 26 heavy (non-hydrogen) atoms. The van der Waals surface area contributed by atoms with Crippen molar-refractivity contribution in [1.82, 2.24) is 20.1 Å². The molecule has 3 rings (SSSR count). The molecular weight excluding hydrogens is 345 g/mol. The summed E-state index contributed by atoms with van der Waals surface area (Å²) in [7, 11) is 1.73. The lowest BCUT2D eigenvalue weighted by Crippen LogP contribution is -2.38. The summed E-state index contributed by atoms with van der Waals surface area (Å²) in [6.07, 6.45) is 1.37. The molecule has 2 aromatic rings. The predicted molar refractivity (Wildman–Crippen MR) is 90.6 cm³/mol. The Hall–Kier alpha value is -2.56. The van der Waals surface area contributed by atoms with Crippen molar-refractivity contribution in [3.05, 3.63) is 23.0 Å². The lowest BCUT2D eigenvalue weighted by molar-refractivity contribution is -0.139. The van der Waals surface area contributed by atoms with Crippen molar-refractivity contribution in [3.8, 4) is 12.3 Å². The zero-order valence-corrected chi connectivity index (χ0v) is 14.5. The number of alkyl halides is 3. The fourth-order valence-corrected chi connectivity index (χ4v) is 3.09. The van der Waals surface area contributed by atoms with Gasteiger partial charge in [0, 0.05) is 31.1 Å². The van der Waals surface area contributed by atoms with E-state index in [1.54, 1.807) is 24.7 Å². The lowest BCUT2D eigenvalue weighted by Gasteiger charge is -2.18. The Kier molecular flexibility index (Phi) is 4.65. The van der Waals surface area contributed by atoms with Gasteiger partial charge in [0.05, 0.1) is 23.1 Å². The molecule has 5 nitrogen and oxygen atoms in total. The Labute approximate surface area is 149 Å². The van der Waals surface area contributed by atoms with E-state index in [9.17, 15) is 18.0 Å². The third kappa shape index (κ3) is 3.82. The molecular formula is C18H19F3N4O. The lowest BCUT2D eigenvalue weighted by atomic mass is 10.1.